The van der Waals surface area contributed by atoms with E-state index in [4.69, 9.17) is 57.2 Å². The second-order valence-corrected chi connectivity index (χ2v) is 5.05. The number of hydrogen-bond acceptors (Lipinski definition) is 2. The first kappa shape index (κ1) is 16.4. The summed E-state index contributed by atoms with van der Waals surface area (Å²) in [4.78, 5) is 0. The van der Waals surface area contributed by atoms with Crippen LogP contribution in [0.15, 0.2) is 36.4 Å². The quantitative estimate of drug-likeness (QED) is 0.557. The fourth-order valence-electron chi connectivity index (χ4n) is 1.17. The molecule has 0 atom stereocenters. The van der Waals surface area contributed by atoms with Gasteiger partial charge in [-0.25, -0.2) is 0 Å². The maximum atomic E-state index is 9.05. The second-order valence-electron chi connectivity index (χ2n) is 3.51. The average molecular weight is 339 g/mol. The fraction of sp³-hybridized carbons (Fsp3) is 0.0769. The van der Waals surface area contributed by atoms with Gasteiger partial charge < -0.3 is 10.8 Å². The van der Waals surface area contributed by atoms with Crippen LogP contribution in [0.4, 0.5) is 0 Å². The molecule has 2 aromatic carbocycles. The molecule has 0 heterocycles. The van der Waals surface area contributed by atoms with Crippen LogP contribution in [0, 0.1) is 0 Å². The Morgan fingerprint density at radius 2 is 1.47 bits per heavy atom. The number of benzene rings is 2. The molecule has 19 heavy (non-hydrogen) atoms. The van der Waals surface area contributed by atoms with Crippen LogP contribution in [-0.2, 0) is 6.54 Å². The highest BCUT2D eigenvalue weighted by molar-refractivity contribution is 6.52. The lowest BCUT2D eigenvalue weighted by molar-refractivity contribution is 0.475. The van der Waals surface area contributed by atoms with E-state index >= 15 is 0 Å². The first-order valence-electron chi connectivity index (χ1n) is 5.23. The van der Waals surface area contributed by atoms with Crippen LogP contribution in [0.25, 0.3) is 0 Å². The molecule has 0 bridgehead atoms. The van der Waals surface area contributed by atoms with Crippen LogP contribution in [0.3, 0.4) is 0 Å². The fourth-order valence-corrected chi connectivity index (χ4v) is 1.97. The highest BCUT2D eigenvalue weighted by Gasteiger charge is 2.11. The summed E-state index contributed by atoms with van der Waals surface area (Å²) in [6, 6.07) is 11.2. The Morgan fingerprint density at radius 1 is 0.895 bits per heavy atom. The molecule has 0 saturated heterocycles. The molecule has 0 aliphatic heterocycles. The van der Waals surface area contributed by atoms with Crippen molar-refractivity contribution in [2.75, 3.05) is 0 Å². The standard InChI is InChI=1S/C7H9N.C6H2Cl4O/c8-6-7-4-2-1-3-5-7;7-2-1-3(11)5(9)6(10)4(2)8/h1-5H,6,8H2;1,11H. The molecular formula is C13H11Cl4NO. The molecule has 2 aromatic rings. The number of aromatic hydroxyl groups is 1. The monoisotopic (exact) mass is 337 g/mol. The van der Waals surface area contributed by atoms with E-state index in [9.17, 15) is 0 Å². The molecule has 0 radical (unpaired) electrons. The minimum absolute atomic E-state index is 0.0149. The molecule has 0 spiro atoms. The zero-order chi connectivity index (χ0) is 14.4. The SMILES string of the molecule is NCc1ccccc1.Oc1cc(Cl)c(Cl)c(Cl)c1Cl. The number of phenols is 1. The molecule has 0 aliphatic carbocycles. The van der Waals surface area contributed by atoms with E-state index < -0.39 is 0 Å². The van der Waals surface area contributed by atoms with Gasteiger partial charge in [-0.2, -0.15) is 0 Å². The summed E-state index contributed by atoms with van der Waals surface area (Å²) in [5.41, 5.74) is 6.54. The van der Waals surface area contributed by atoms with Gasteiger partial charge in [-0.05, 0) is 5.56 Å². The van der Waals surface area contributed by atoms with Crippen LogP contribution in [0.2, 0.25) is 20.1 Å². The van der Waals surface area contributed by atoms with Crippen molar-refractivity contribution < 1.29 is 5.11 Å². The average Bonchev–Trinajstić information content (AvgIpc) is 2.44. The van der Waals surface area contributed by atoms with Gasteiger partial charge in [-0.3, -0.25) is 0 Å². The zero-order valence-electron chi connectivity index (χ0n) is 9.71. The molecule has 3 N–H and O–H groups in total. The van der Waals surface area contributed by atoms with E-state index in [1.54, 1.807) is 0 Å². The predicted octanol–water partition coefficient (Wildman–Crippen LogP) is 5.15. The highest BCUT2D eigenvalue weighted by atomic mass is 35.5. The third-order valence-corrected chi connectivity index (χ3v) is 3.90. The van der Waals surface area contributed by atoms with Gasteiger partial charge >= 0.3 is 0 Å². The molecular weight excluding hydrogens is 328 g/mol. The van der Waals surface area contributed by atoms with Gasteiger partial charge in [-0.15, -0.1) is 0 Å². The molecule has 0 fully saturated rings. The van der Waals surface area contributed by atoms with Crippen molar-refractivity contribution in [3.63, 3.8) is 0 Å². The first-order valence-corrected chi connectivity index (χ1v) is 6.74. The van der Waals surface area contributed by atoms with Gasteiger partial charge in [0.05, 0.1) is 15.1 Å². The van der Waals surface area contributed by atoms with Crippen LogP contribution in [-0.4, -0.2) is 5.11 Å². The number of rotatable bonds is 1. The lowest BCUT2D eigenvalue weighted by Crippen LogP contribution is -1.94. The molecule has 102 valence electrons. The van der Waals surface area contributed by atoms with Gasteiger partial charge in [0, 0.05) is 12.6 Å². The molecule has 2 nitrogen and oxygen atoms in total. The summed E-state index contributed by atoms with van der Waals surface area (Å²) in [6.45, 7) is 0.640. The highest BCUT2D eigenvalue weighted by Crippen LogP contribution is 2.41. The van der Waals surface area contributed by atoms with Crippen molar-refractivity contribution >= 4 is 46.4 Å². The molecule has 0 amide bonds. The van der Waals surface area contributed by atoms with Gasteiger partial charge in [0.2, 0.25) is 0 Å². The van der Waals surface area contributed by atoms with E-state index in [0.29, 0.717) is 6.54 Å². The number of halogens is 4. The van der Waals surface area contributed by atoms with Crippen LogP contribution < -0.4 is 5.73 Å². The van der Waals surface area contributed by atoms with Crippen molar-refractivity contribution in [2.45, 2.75) is 6.54 Å². The molecule has 6 heteroatoms. The molecule has 0 aliphatic rings. The Balaban J connectivity index is 0.000000200. The van der Waals surface area contributed by atoms with E-state index in [2.05, 4.69) is 0 Å². The summed E-state index contributed by atoms with van der Waals surface area (Å²) >= 11 is 22.3. The largest absolute Gasteiger partial charge is 0.506 e. The number of nitrogens with two attached hydrogens (primary N) is 1. The summed E-state index contributed by atoms with van der Waals surface area (Å²) in [7, 11) is 0. The smallest absolute Gasteiger partial charge is 0.137 e. The van der Waals surface area contributed by atoms with Crippen LogP contribution >= 0.6 is 46.4 Å². The lowest BCUT2D eigenvalue weighted by atomic mass is 10.2. The van der Waals surface area contributed by atoms with Crippen LogP contribution in [0.1, 0.15) is 5.56 Å². The van der Waals surface area contributed by atoms with Gasteiger partial charge in [-0.1, -0.05) is 76.7 Å². The van der Waals surface area contributed by atoms with Crippen molar-refractivity contribution in [3.8, 4) is 5.75 Å². The molecule has 0 unspecified atom stereocenters. The first-order chi connectivity index (χ1) is 8.97. The van der Waals surface area contributed by atoms with Crippen molar-refractivity contribution in [2.24, 2.45) is 5.73 Å². The van der Waals surface area contributed by atoms with Gasteiger partial charge in [0.25, 0.3) is 0 Å². The lowest BCUT2D eigenvalue weighted by Gasteiger charge is -2.02. The summed E-state index contributed by atoms with van der Waals surface area (Å²) in [5, 5.41) is 9.46. The normalized spacial score (nSPS) is 9.74. The third kappa shape index (κ3) is 4.75. The Labute approximate surface area is 131 Å². The van der Waals surface area contributed by atoms with E-state index in [0.717, 1.165) is 0 Å². The van der Waals surface area contributed by atoms with E-state index in [1.165, 1.54) is 11.6 Å². The Kier molecular flexibility index (Phi) is 6.76. The summed E-state index contributed by atoms with van der Waals surface area (Å²) in [6.07, 6.45) is 0. The maximum Gasteiger partial charge on any atom is 0.137 e. The van der Waals surface area contributed by atoms with Crippen molar-refractivity contribution in [1.82, 2.24) is 0 Å². The maximum absolute atomic E-state index is 9.05. The Hall–Kier alpha value is -0.640. The second kappa shape index (κ2) is 7.83. The van der Waals surface area contributed by atoms with E-state index in [-0.39, 0.29) is 25.8 Å². The minimum atomic E-state index is -0.175. The van der Waals surface area contributed by atoms with Crippen LogP contribution in [0.5, 0.6) is 5.75 Å². The van der Waals surface area contributed by atoms with Gasteiger partial charge in [0.1, 0.15) is 10.8 Å². The molecule has 0 saturated carbocycles. The van der Waals surface area contributed by atoms with Crippen molar-refractivity contribution in [1.29, 1.82) is 0 Å². The van der Waals surface area contributed by atoms with Crippen molar-refractivity contribution in [3.05, 3.63) is 62.1 Å². The summed E-state index contributed by atoms with van der Waals surface area (Å²) in [5.74, 6) is -0.175. The minimum Gasteiger partial charge on any atom is -0.506 e. The predicted molar refractivity (Wildman–Crippen MR) is 82.5 cm³/mol. The Morgan fingerprint density at radius 3 is 1.95 bits per heavy atom. The Bertz CT molecular complexity index is 520. The van der Waals surface area contributed by atoms with Gasteiger partial charge in [0.15, 0.2) is 0 Å². The zero-order valence-corrected chi connectivity index (χ0v) is 12.7. The third-order valence-electron chi connectivity index (χ3n) is 2.16. The number of phenolic OH excluding ortho intramolecular Hbond substituents is 1. The number of hydrogen-bond donors (Lipinski definition) is 2. The molecule has 2 rings (SSSR count). The summed E-state index contributed by atoms with van der Waals surface area (Å²) < 4.78 is 0. The topological polar surface area (TPSA) is 46.2 Å². The molecule has 0 aromatic heterocycles. The van der Waals surface area contributed by atoms with E-state index in [1.807, 2.05) is 30.3 Å².